The first-order valence-corrected chi connectivity index (χ1v) is 6.58. The Kier molecular flexibility index (Phi) is 3.97. The molecule has 2 rings (SSSR count). The first kappa shape index (κ1) is 13.0. The monoisotopic (exact) mass is 310 g/mol. The number of hydrogen-bond acceptors (Lipinski definition) is 2. The molecular weight excluding hydrogens is 299 g/mol. The van der Waals surface area contributed by atoms with Gasteiger partial charge in [0.1, 0.15) is 11.9 Å². The van der Waals surface area contributed by atoms with Crippen LogP contribution in [0.1, 0.15) is 29.6 Å². The van der Waals surface area contributed by atoms with Gasteiger partial charge in [0.15, 0.2) is 0 Å². The SMILES string of the molecule is N#CC1CCCCN1C(=O)c1ccc(Br)cc1F. The molecule has 1 atom stereocenters. The number of piperidine rings is 1. The van der Waals surface area contributed by atoms with E-state index in [-0.39, 0.29) is 5.56 Å². The average molecular weight is 311 g/mol. The molecule has 0 N–H and O–H groups in total. The van der Waals surface area contributed by atoms with Crippen molar-refractivity contribution in [1.82, 2.24) is 4.90 Å². The number of nitrogens with zero attached hydrogens (tertiary/aromatic N) is 2. The van der Waals surface area contributed by atoms with Crippen molar-refractivity contribution in [3.63, 3.8) is 0 Å². The number of benzene rings is 1. The third-order valence-electron chi connectivity index (χ3n) is 3.07. The van der Waals surface area contributed by atoms with E-state index in [4.69, 9.17) is 5.26 Å². The normalized spacial score (nSPS) is 19.4. The molecule has 0 spiro atoms. The fraction of sp³-hybridized carbons (Fsp3) is 0.385. The standard InChI is InChI=1S/C13H12BrFN2O/c14-9-4-5-11(12(15)7-9)13(18)17-6-2-1-3-10(17)8-16/h4-5,7,10H,1-3,6H2. The second kappa shape index (κ2) is 5.49. The van der Waals surface area contributed by atoms with Crippen LogP contribution in [0, 0.1) is 17.1 Å². The summed E-state index contributed by atoms with van der Waals surface area (Å²) in [5.41, 5.74) is 0.0281. The van der Waals surface area contributed by atoms with Gasteiger partial charge in [0.2, 0.25) is 0 Å². The van der Waals surface area contributed by atoms with Crippen molar-refractivity contribution in [3.05, 3.63) is 34.1 Å². The maximum atomic E-state index is 13.7. The first-order chi connectivity index (χ1) is 8.63. The van der Waals surface area contributed by atoms with Crippen LogP contribution >= 0.6 is 15.9 Å². The van der Waals surface area contributed by atoms with E-state index in [1.54, 1.807) is 6.07 Å². The van der Waals surface area contributed by atoms with E-state index >= 15 is 0 Å². The molecule has 1 aliphatic heterocycles. The van der Waals surface area contributed by atoms with E-state index in [1.807, 2.05) is 0 Å². The lowest BCUT2D eigenvalue weighted by Gasteiger charge is -2.31. The Morgan fingerprint density at radius 2 is 2.28 bits per heavy atom. The number of likely N-dealkylation sites (tertiary alicyclic amines) is 1. The topological polar surface area (TPSA) is 44.1 Å². The lowest BCUT2D eigenvalue weighted by atomic mass is 10.0. The largest absolute Gasteiger partial charge is 0.323 e. The molecular formula is C13H12BrFN2O. The lowest BCUT2D eigenvalue weighted by Crippen LogP contribution is -2.43. The minimum atomic E-state index is -0.559. The summed E-state index contributed by atoms with van der Waals surface area (Å²) in [6, 6.07) is 6.01. The zero-order chi connectivity index (χ0) is 13.1. The van der Waals surface area contributed by atoms with E-state index in [9.17, 15) is 9.18 Å². The summed E-state index contributed by atoms with van der Waals surface area (Å²) in [6.45, 7) is 0.520. The molecule has 1 heterocycles. The molecule has 1 aromatic carbocycles. The molecule has 0 saturated carbocycles. The quantitative estimate of drug-likeness (QED) is 0.800. The minimum Gasteiger partial charge on any atom is -0.323 e. The van der Waals surface area contributed by atoms with E-state index in [0.717, 1.165) is 12.8 Å². The number of carbonyl (C=O) groups is 1. The van der Waals surface area contributed by atoms with Crippen LogP contribution in [0.25, 0.3) is 0 Å². The van der Waals surface area contributed by atoms with Gasteiger partial charge in [-0.05, 0) is 37.5 Å². The summed E-state index contributed by atoms with van der Waals surface area (Å²) in [7, 11) is 0. The first-order valence-electron chi connectivity index (χ1n) is 5.79. The zero-order valence-electron chi connectivity index (χ0n) is 9.70. The summed E-state index contributed by atoms with van der Waals surface area (Å²) < 4.78 is 14.3. The molecule has 3 nitrogen and oxygen atoms in total. The van der Waals surface area contributed by atoms with Crippen molar-refractivity contribution in [2.24, 2.45) is 0 Å². The maximum Gasteiger partial charge on any atom is 0.257 e. The number of halogens is 2. The number of carbonyl (C=O) groups excluding carboxylic acids is 1. The molecule has 1 fully saturated rings. The van der Waals surface area contributed by atoms with Crippen LogP contribution in [0.5, 0.6) is 0 Å². The van der Waals surface area contributed by atoms with Gasteiger partial charge in [-0.2, -0.15) is 5.26 Å². The van der Waals surface area contributed by atoms with E-state index in [1.165, 1.54) is 17.0 Å². The van der Waals surface area contributed by atoms with Gasteiger partial charge >= 0.3 is 0 Å². The predicted octanol–water partition coefficient (Wildman–Crippen LogP) is 3.11. The highest BCUT2D eigenvalue weighted by molar-refractivity contribution is 9.10. The molecule has 94 valence electrons. The van der Waals surface area contributed by atoms with Gasteiger partial charge in [0, 0.05) is 11.0 Å². The molecule has 0 aliphatic carbocycles. The van der Waals surface area contributed by atoms with Crippen LogP contribution in [0.3, 0.4) is 0 Å². The Hall–Kier alpha value is -1.41. The molecule has 5 heteroatoms. The van der Waals surface area contributed by atoms with Crippen LogP contribution in [-0.2, 0) is 0 Å². The molecule has 0 radical (unpaired) electrons. The molecule has 18 heavy (non-hydrogen) atoms. The number of nitriles is 1. The second-order valence-corrected chi connectivity index (χ2v) is 5.18. The van der Waals surface area contributed by atoms with Crippen molar-refractivity contribution in [2.75, 3.05) is 6.54 Å². The number of amides is 1. The molecule has 1 amide bonds. The van der Waals surface area contributed by atoms with E-state index in [0.29, 0.717) is 17.4 Å². The Morgan fingerprint density at radius 1 is 1.50 bits per heavy atom. The van der Waals surface area contributed by atoms with Crippen molar-refractivity contribution < 1.29 is 9.18 Å². The van der Waals surface area contributed by atoms with Crippen LogP contribution < -0.4 is 0 Å². The Labute approximate surface area is 113 Å². The molecule has 1 aliphatic rings. The summed E-state index contributed by atoms with van der Waals surface area (Å²) in [5.74, 6) is -0.956. The van der Waals surface area contributed by atoms with Gasteiger partial charge in [-0.1, -0.05) is 15.9 Å². The molecule has 1 aromatic rings. The summed E-state index contributed by atoms with van der Waals surface area (Å²) in [6.07, 6.45) is 2.47. The lowest BCUT2D eigenvalue weighted by molar-refractivity contribution is 0.0666. The predicted molar refractivity (Wildman–Crippen MR) is 68.4 cm³/mol. The molecule has 1 saturated heterocycles. The summed E-state index contributed by atoms with van der Waals surface area (Å²) >= 11 is 3.15. The molecule has 0 bridgehead atoms. The van der Waals surface area contributed by atoms with Crippen molar-refractivity contribution in [2.45, 2.75) is 25.3 Å². The summed E-state index contributed by atoms with van der Waals surface area (Å²) in [4.78, 5) is 13.7. The number of rotatable bonds is 1. The van der Waals surface area contributed by atoms with Crippen LogP contribution in [0.4, 0.5) is 4.39 Å². The maximum absolute atomic E-state index is 13.7. The molecule has 1 unspecified atom stereocenters. The van der Waals surface area contributed by atoms with Gasteiger partial charge in [0.25, 0.3) is 5.91 Å². The van der Waals surface area contributed by atoms with Crippen molar-refractivity contribution >= 4 is 21.8 Å². The van der Waals surface area contributed by atoms with Gasteiger partial charge in [-0.3, -0.25) is 4.79 Å². The van der Waals surface area contributed by atoms with Gasteiger partial charge in [-0.25, -0.2) is 4.39 Å². The van der Waals surface area contributed by atoms with Gasteiger partial charge in [0.05, 0.1) is 11.6 Å². The highest BCUT2D eigenvalue weighted by Gasteiger charge is 2.28. The highest BCUT2D eigenvalue weighted by atomic mass is 79.9. The Balaban J connectivity index is 2.27. The average Bonchev–Trinajstić information content (AvgIpc) is 2.38. The van der Waals surface area contributed by atoms with Gasteiger partial charge < -0.3 is 4.90 Å². The van der Waals surface area contributed by atoms with Crippen molar-refractivity contribution in [3.8, 4) is 6.07 Å². The van der Waals surface area contributed by atoms with Gasteiger partial charge in [-0.15, -0.1) is 0 Å². The zero-order valence-corrected chi connectivity index (χ0v) is 11.3. The van der Waals surface area contributed by atoms with Crippen molar-refractivity contribution in [1.29, 1.82) is 5.26 Å². The second-order valence-electron chi connectivity index (χ2n) is 4.26. The third-order valence-corrected chi connectivity index (χ3v) is 3.57. The highest BCUT2D eigenvalue weighted by Crippen LogP contribution is 2.22. The van der Waals surface area contributed by atoms with Crippen LogP contribution in [0.2, 0.25) is 0 Å². The van der Waals surface area contributed by atoms with E-state index < -0.39 is 17.8 Å². The fourth-order valence-electron chi connectivity index (χ4n) is 2.13. The smallest absolute Gasteiger partial charge is 0.257 e. The molecule has 0 aromatic heterocycles. The summed E-state index contributed by atoms with van der Waals surface area (Å²) in [5, 5.41) is 9.03. The van der Waals surface area contributed by atoms with E-state index in [2.05, 4.69) is 22.0 Å². The van der Waals surface area contributed by atoms with Crippen LogP contribution in [0.15, 0.2) is 22.7 Å². The Bertz CT molecular complexity index is 512. The van der Waals surface area contributed by atoms with Crippen LogP contribution in [-0.4, -0.2) is 23.4 Å². The number of hydrogen-bond donors (Lipinski definition) is 0. The third kappa shape index (κ3) is 2.54. The minimum absolute atomic E-state index is 0.0281. The Morgan fingerprint density at radius 3 is 2.94 bits per heavy atom. The fourth-order valence-corrected chi connectivity index (χ4v) is 2.46.